The molecule has 1 aliphatic carbocycles. The highest BCUT2D eigenvalue weighted by Gasteiger charge is 2.41. The lowest BCUT2D eigenvalue weighted by atomic mass is 9.80. The summed E-state index contributed by atoms with van der Waals surface area (Å²) in [5, 5.41) is 3.86. The van der Waals surface area contributed by atoms with Crippen molar-refractivity contribution in [2.75, 3.05) is 0 Å². The first-order valence-corrected chi connectivity index (χ1v) is 8.28. The molecule has 20 heavy (non-hydrogen) atoms. The Kier molecular flexibility index (Phi) is 5.16. The smallest absolute Gasteiger partial charge is 0.237 e. The van der Waals surface area contributed by atoms with E-state index in [9.17, 15) is 4.79 Å². The number of nitrogens with two attached hydrogens (primary N) is 1. The van der Waals surface area contributed by atoms with E-state index in [1.807, 2.05) is 23.9 Å². The van der Waals surface area contributed by atoms with Crippen molar-refractivity contribution in [3.63, 3.8) is 0 Å². The van der Waals surface area contributed by atoms with Crippen molar-refractivity contribution in [3.8, 4) is 0 Å². The largest absolute Gasteiger partial charge is 0.468 e. The van der Waals surface area contributed by atoms with Crippen LogP contribution >= 0.6 is 11.8 Å². The van der Waals surface area contributed by atoms with Crippen molar-refractivity contribution in [1.29, 1.82) is 0 Å². The van der Waals surface area contributed by atoms with E-state index < -0.39 is 5.54 Å². The van der Waals surface area contributed by atoms with Gasteiger partial charge in [0.2, 0.25) is 5.91 Å². The summed E-state index contributed by atoms with van der Waals surface area (Å²) in [5.41, 5.74) is 5.14. The van der Waals surface area contributed by atoms with Crippen LogP contribution < -0.4 is 11.1 Å². The van der Waals surface area contributed by atoms with E-state index in [1.165, 1.54) is 0 Å². The standard InChI is InChI=1S/C15H24N2O2S/c1-11(2)17-15(14(16)18)7-3-6-13(9-15)20-10-12-5-4-8-19-12/h4-5,8,11,13,17H,3,6-7,9-10H2,1-2H3,(H2,16,18). The molecule has 112 valence electrons. The number of carbonyl (C=O) groups is 1. The third-order valence-electron chi connectivity index (χ3n) is 3.78. The van der Waals surface area contributed by atoms with E-state index in [0.717, 1.165) is 37.2 Å². The monoisotopic (exact) mass is 296 g/mol. The molecule has 1 aromatic rings. The van der Waals surface area contributed by atoms with Crippen LogP contribution in [0.5, 0.6) is 0 Å². The molecule has 4 nitrogen and oxygen atoms in total. The minimum absolute atomic E-state index is 0.213. The Morgan fingerprint density at radius 3 is 3.05 bits per heavy atom. The molecule has 0 spiro atoms. The Hall–Kier alpha value is -0.940. The topological polar surface area (TPSA) is 68.3 Å². The van der Waals surface area contributed by atoms with Crippen LogP contribution in [0.25, 0.3) is 0 Å². The molecule has 1 amide bonds. The Morgan fingerprint density at radius 2 is 2.45 bits per heavy atom. The average molecular weight is 296 g/mol. The van der Waals surface area contributed by atoms with Gasteiger partial charge in [-0.05, 0) is 51.7 Å². The second kappa shape index (κ2) is 6.68. The second-order valence-corrected chi connectivity index (χ2v) is 7.14. The lowest BCUT2D eigenvalue weighted by Crippen LogP contribution is -2.60. The van der Waals surface area contributed by atoms with Gasteiger partial charge in [0.05, 0.1) is 17.6 Å². The van der Waals surface area contributed by atoms with Crippen LogP contribution in [-0.4, -0.2) is 22.7 Å². The summed E-state index contributed by atoms with van der Waals surface area (Å²) in [4.78, 5) is 11.9. The van der Waals surface area contributed by atoms with Gasteiger partial charge in [-0.25, -0.2) is 0 Å². The molecule has 1 saturated carbocycles. The number of hydrogen-bond donors (Lipinski definition) is 2. The van der Waals surface area contributed by atoms with Crippen molar-refractivity contribution in [3.05, 3.63) is 24.2 Å². The van der Waals surface area contributed by atoms with Crippen molar-refractivity contribution in [1.82, 2.24) is 5.32 Å². The minimum Gasteiger partial charge on any atom is -0.468 e. The first kappa shape index (κ1) is 15.4. The quantitative estimate of drug-likeness (QED) is 0.847. The number of primary amides is 1. The minimum atomic E-state index is -0.534. The number of carbonyl (C=O) groups excluding carboxylic acids is 1. The molecular weight excluding hydrogens is 272 g/mol. The van der Waals surface area contributed by atoms with E-state index >= 15 is 0 Å². The third kappa shape index (κ3) is 3.79. The fraction of sp³-hybridized carbons (Fsp3) is 0.667. The van der Waals surface area contributed by atoms with Crippen LogP contribution in [0.15, 0.2) is 22.8 Å². The molecule has 0 aliphatic heterocycles. The highest BCUT2D eigenvalue weighted by molar-refractivity contribution is 7.99. The van der Waals surface area contributed by atoms with Crippen molar-refractivity contribution >= 4 is 17.7 Å². The maximum atomic E-state index is 11.9. The van der Waals surface area contributed by atoms with Gasteiger partial charge in [-0.1, -0.05) is 0 Å². The molecule has 5 heteroatoms. The molecule has 3 N–H and O–H groups in total. The lowest BCUT2D eigenvalue weighted by Gasteiger charge is -2.40. The predicted octanol–water partition coefficient (Wildman–Crippen LogP) is 2.68. The third-order valence-corrected chi connectivity index (χ3v) is 5.11. The van der Waals surface area contributed by atoms with Gasteiger partial charge in [-0.15, -0.1) is 0 Å². The molecule has 0 saturated heterocycles. The Balaban J connectivity index is 1.96. The molecule has 1 heterocycles. The number of hydrogen-bond acceptors (Lipinski definition) is 4. The van der Waals surface area contributed by atoms with Crippen molar-refractivity contribution in [2.45, 2.75) is 62.1 Å². The van der Waals surface area contributed by atoms with E-state index in [-0.39, 0.29) is 11.9 Å². The van der Waals surface area contributed by atoms with Crippen LogP contribution in [0, 0.1) is 0 Å². The Morgan fingerprint density at radius 1 is 1.65 bits per heavy atom. The van der Waals surface area contributed by atoms with Crippen LogP contribution in [0.4, 0.5) is 0 Å². The number of amides is 1. The van der Waals surface area contributed by atoms with Gasteiger partial charge >= 0.3 is 0 Å². The predicted molar refractivity (Wildman–Crippen MR) is 82.5 cm³/mol. The number of furan rings is 1. The summed E-state index contributed by atoms with van der Waals surface area (Å²) < 4.78 is 5.36. The van der Waals surface area contributed by atoms with Crippen molar-refractivity contribution in [2.24, 2.45) is 5.73 Å². The molecule has 2 rings (SSSR count). The van der Waals surface area contributed by atoms with Crippen molar-refractivity contribution < 1.29 is 9.21 Å². The molecular formula is C15H24N2O2S. The summed E-state index contributed by atoms with van der Waals surface area (Å²) in [5.74, 6) is 1.63. The van der Waals surface area contributed by atoms with Gasteiger partial charge in [-0.3, -0.25) is 4.79 Å². The van der Waals surface area contributed by atoms with Crippen LogP contribution in [-0.2, 0) is 10.5 Å². The van der Waals surface area contributed by atoms with Gasteiger partial charge in [0.15, 0.2) is 0 Å². The number of rotatable bonds is 6. The summed E-state index contributed by atoms with van der Waals surface area (Å²) in [6.45, 7) is 4.12. The highest BCUT2D eigenvalue weighted by Crippen LogP contribution is 2.36. The molecule has 2 atom stereocenters. The maximum absolute atomic E-state index is 11.9. The van der Waals surface area contributed by atoms with Crippen LogP contribution in [0.2, 0.25) is 0 Å². The summed E-state index contributed by atoms with van der Waals surface area (Å²) in [7, 11) is 0. The molecule has 1 fully saturated rings. The SMILES string of the molecule is CC(C)NC1(C(N)=O)CCCC(SCc2ccco2)C1. The fourth-order valence-corrected chi connectivity index (χ4v) is 4.24. The molecule has 0 bridgehead atoms. The van der Waals surface area contributed by atoms with Crippen LogP contribution in [0.1, 0.15) is 45.3 Å². The first-order valence-electron chi connectivity index (χ1n) is 7.23. The highest BCUT2D eigenvalue weighted by atomic mass is 32.2. The molecule has 1 aliphatic rings. The van der Waals surface area contributed by atoms with Gasteiger partial charge in [-0.2, -0.15) is 11.8 Å². The zero-order valence-electron chi connectivity index (χ0n) is 12.2. The van der Waals surface area contributed by atoms with E-state index in [4.69, 9.17) is 10.2 Å². The molecule has 0 radical (unpaired) electrons. The number of thioether (sulfide) groups is 1. The van der Waals surface area contributed by atoms with Gasteiger partial charge in [0, 0.05) is 11.3 Å². The van der Waals surface area contributed by atoms with E-state index in [2.05, 4.69) is 19.2 Å². The normalized spacial score (nSPS) is 26.9. The average Bonchev–Trinajstić information content (AvgIpc) is 2.89. The molecule has 0 aromatic carbocycles. The Bertz CT molecular complexity index is 433. The van der Waals surface area contributed by atoms with Crippen LogP contribution in [0.3, 0.4) is 0 Å². The summed E-state index contributed by atoms with van der Waals surface area (Å²) >= 11 is 1.86. The van der Waals surface area contributed by atoms with Gasteiger partial charge in [0.25, 0.3) is 0 Å². The van der Waals surface area contributed by atoms with E-state index in [0.29, 0.717) is 5.25 Å². The maximum Gasteiger partial charge on any atom is 0.237 e. The fourth-order valence-electron chi connectivity index (χ4n) is 2.94. The Labute approximate surface area is 124 Å². The van der Waals surface area contributed by atoms with Gasteiger partial charge in [0.1, 0.15) is 5.76 Å². The zero-order valence-corrected chi connectivity index (χ0v) is 13.0. The second-order valence-electron chi connectivity index (χ2n) is 5.85. The lowest BCUT2D eigenvalue weighted by molar-refractivity contribution is -0.126. The van der Waals surface area contributed by atoms with E-state index in [1.54, 1.807) is 6.26 Å². The zero-order chi connectivity index (χ0) is 14.6. The summed E-state index contributed by atoms with van der Waals surface area (Å²) in [6, 6.07) is 4.16. The summed E-state index contributed by atoms with van der Waals surface area (Å²) in [6.07, 6.45) is 5.54. The number of nitrogens with one attached hydrogen (secondary N) is 1. The molecule has 1 aromatic heterocycles. The van der Waals surface area contributed by atoms with Gasteiger partial charge < -0.3 is 15.5 Å². The molecule has 2 unspecified atom stereocenters. The first-order chi connectivity index (χ1) is 9.52.